The Morgan fingerprint density at radius 3 is 2.58 bits per heavy atom. The molecule has 1 amide bonds. The third-order valence-electron chi connectivity index (χ3n) is 5.78. The van der Waals surface area contributed by atoms with E-state index in [0.717, 1.165) is 25.7 Å². The van der Waals surface area contributed by atoms with E-state index in [1.807, 2.05) is 6.07 Å². The van der Waals surface area contributed by atoms with Gasteiger partial charge in [-0.3, -0.25) is 18.8 Å². The average Bonchev–Trinajstić information content (AvgIpc) is 3.75. The zero-order chi connectivity index (χ0) is 23.1. The second-order valence-electron chi connectivity index (χ2n) is 8.16. The van der Waals surface area contributed by atoms with E-state index in [1.165, 1.54) is 16.6 Å². The molecule has 2 aliphatic rings. The molecule has 0 radical (unpaired) electrons. The Morgan fingerprint density at radius 1 is 1.18 bits per heavy atom. The summed E-state index contributed by atoms with van der Waals surface area (Å²) in [5.74, 6) is 6.32. The summed E-state index contributed by atoms with van der Waals surface area (Å²) in [6.07, 6.45) is 2.86. The first kappa shape index (κ1) is 20.9. The van der Waals surface area contributed by atoms with Gasteiger partial charge in [0.1, 0.15) is 5.75 Å². The lowest BCUT2D eigenvalue weighted by Gasteiger charge is -2.18. The van der Waals surface area contributed by atoms with Gasteiger partial charge < -0.3 is 14.5 Å². The monoisotopic (exact) mass is 449 g/mol. The number of para-hydroxylation sites is 2. The van der Waals surface area contributed by atoms with Crippen LogP contribution in [-0.2, 0) is 4.74 Å². The van der Waals surface area contributed by atoms with Crippen molar-refractivity contribution in [2.75, 3.05) is 25.7 Å². The molecule has 0 saturated heterocycles. The minimum atomic E-state index is -0.590. The number of methoxy groups -OCH3 is 1. The normalized spacial score (nSPS) is 15.1. The van der Waals surface area contributed by atoms with Gasteiger partial charge in [-0.15, -0.1) is 0 Å². The van der Waals surface area contributed by atoms with Crippen molar-refractivity contribution in [1.29, 1.82) is 0 Å². The second kappa shape index (κ2) is 8.16. The number of hydrogen-bond acceptors (Lipinski definition) is 6. The fraction of sp³-hybridized carbons (Fsp3) is 0.391. The van der Waals surface area contributed by atoms with Gasteiger partial charge in [-0.2, -0.15) is 0 Å². The number of imidazole rings is 1. The van der Waals surface area contributed by atoms with Crippen molar-refractivity contribution in [3.8, 4) is 17.6 Å². The van der Waals surface area contributed by atoms with Crippen LogP contribution in [0.15, 0.2) is 33.9 Å². The number of anilines is 1. The fourth-order valence-corrected chi connectivity index (χ4v) is 3.80. The molecule has 3 aromatic rings. The summed E-state index contributed by atoms with van der Waals surface area (Å²) < 4.78 is 13.4. The molecule has 0 unspecified atom stereocenters. The number of nitrogens with one attached hydrogen (secondary N) is 1. The molecular weight excluding hydrogens is 426 g/mol. The SMILES string of the molecule is COc1ccccc1N(C)C(=O)OCC#Cc1nc2c([nH]1)c(=O)n(C1CC1)c(=O)n2C1CC1. The van der Waals surface area contributed by atoms with Gasteiger partial charge in [0, 0.05) is 19.1 Å². The summed E-state index contributed by atoms with van der Waals surface area (Å²) >= 11 is 0. The Kier molecular flexibility index (Phi) is 5.17. The summed E-state index contributed by atoms with van der Waals surface area (Å²) in [6, 6.07) is 7.13. The van der Waals surface area contributed by atoms with E-state index >= 15 is 0 Å². The van der Waals surface area contributed by atoms with Crippen molar-refractivity contribution in [2.24, 2.45) is 0 Å². The highest BCUT2D eigenvalue weighted by Crippen LogP contribution is 2.36. The molecule has 2 fully saturated rings. The third kappa shape index (κ3) is 3.86. The van der Waals surface area contributed by atoms with Crippen molar-refractivity contribution in [3.05, 3.63) is 50.9 Å². The van der Waals surface area contributed by atoms with Gasteiger partial charge in [0.25, 0.3) is 5.56 Å². The van der Waals surface area contributed by atoms with Crippen molar-refractivity contribution >= 4 is 22.9 Å². The first-order chi connectivity index (χ1) is 16.0. The number of rotatable bonds is 5. The molecule has 2 aliphatic carbocycles. The molecule has 0 spiro atoms. The van der Waals surface area contributed by atoms with Gasteiger partial charge >= 0.3 is 11.8 Å². The van der Waals surface area contributed by atoms with E-state index in [-0.39, 0.29) is 41.3 Å². The van der Waals surface area contributed by atoms with E-state index in [9.17, 15) is 14.4 Å². The number of carbonyl (C=O) groups excluding carboxylic acids is 1. The summed E-state index contributed by atoms with van der Waals surface area (Å²) in [7, 11) is 3.11. The number of carbonyl (C=O) groups is 1. The van der Waals surface area contributed by atoms with Gasteiger partial charge in [-0.05, 0) is 43.7 Å². The number of aromatic amines is 1. The van der Waals surface area contributed by atoms with Crippen molar-refractivity contribution < 1.29 is 14.3 Å². The third-order valence-corrected chi connectivity index (χ3v) is 5.78. The van der Waals surface area contributed by atoms with Crippen molar-refractivity contribution in [2.45, 2.75) is 37.8 Å². The molecule has 170 valence electrons. The molecule has 0 atom stereocenters. The lowest BCUT2D eigenvalue weighted by molar-refractivity contribution is 0.169. The smallest absolute Gasteiger partial charge is 0.415 e. The maximum atomic E-state index is 12.9. The van der Waals surface area contributed by atoms with Crippen LogP contribution in [-0.4, -0.2) is 46.0 Å². The number of amides is 1. The van der Waals surface area contributed by atoms with Gasteiger partial charge in [-0.1, -0.05) is 18.1 Å². The number of ether oxygens (including phenoxy) is 2. The number of H-pyrrole nitrogens is 1. The Hall–Kier alpha value is -4.00. The molecule has 0 aliphatic heterocycles. The second-order valence-corrected chi connectivity index (χ2v) is 8.16. The number of benzene rings is 1. The first-order valence-electron chi connectivity index (χ1n) is 10.8. The molecule has 1 N–H and O–H groups in total. The molecule has 2 saturated carbocycles. The quantitative estimate of drug-likeness (QED) is 0.598. The minimum absolute atomic E-state index is 0.0307. The summed E-state index contributed by atoms with van der Waals surface area (Å²) in [4.78, 5) is 46.8. The zero-order valence-corrected chi connectivity index (χ0v) is 18.3. The average molecular weight is 449 g/mol. The van der Waals surface area contributed by atoms with Gasteiger partial charge in [0.15, 0.2) is 23.6 Å². The highest BCUT2D eigenvalue weighted by atomic mass is 16.6. The van der Waals surface area contributed by atoms with Crippen LogP contribution in [0, 0.1) is 11.8 Å². The predicted octanol–water partition coefficient (Wildman–Crippen LogP) is 2.19. The van der Waals surface area contributed by atoms with E-state index in [4.69, 9.17) is 9.47 Å². The van der Waals surface area contributed by atoms with E-state index < -0.39 is 6.09 Å². The summed E-state index contributed by atoms with van der Waals surface area (Å²) in [6.45, 7) is -0.170. The van der Waals surface area contributed by atoms with E-state index in [1.54, 1.807) is 29.8 Å². The van der Waals surface area contributed by atoms with Crippen LogP contribution in [0.4, 0.5) is 10.5 Å². The molecule has 10 nitrogen and oxygen atoms in total. The zero-order valence-electron chi connectivity index (χ0n) is 18.3. The molecular formula is C23H23N5O5. The van der Waals surface area contributed by atoms with Crippen molar-refractivity contribution in [1.82, 2.24) is 19.1 Å². The Bertz CT molecular complexity index is 1410. The van der Waals surface area contributed by atoms with E-state index in [2.05, 4.69) is 21.8 Å². The molecule has 33 heavy (non-hydrogen) atoms. The van der Waals surface area contributed by atoms with Crippen LogP contribution < -0.4 is 20.9 Å². The standard InChI is InChI=1S/C23H23N5O5/c1-26(16-6-3-4-7-17(16)32-2)23(31)33-13-5-8-18-24-19-20(25-18)27(14-9-10-14)22(30)28(21(19)29)15-11-12-15/h3-4,6-7,14-15H,9-13H2,1-2H3,(H,24,25). The van der Waals surface area contributed by atoms with Crippen LogP contribution in [0.3, 0.4) is 0 Å². The maximum Gasteiger partial charge on any atom is 0.415 e. The molecule has 0 bridgehead atoms. The van der Waals surface area contributed by atoms with Crippen molar-refractivity contribution in [3.63, 3.8) is 0 Å². The molecule has 1 aromatic carbocycles. The Morgan fingerprint density at radius 2 is 1.88 bits per heavy atom. The molecule has 2 aromatic heterocycles. The van der Waals surface area contributed by atoms with E-state index in [0.29, 0.717) is 17.1 Å². The van der Waals surface area contributed by atoms with Crippen LogP contribution in [0.25, 0.3) is 11.2 Å². The molecule has 10 heteroatoms. The lowest BCUT2D eigenvalue weighted by atomic mass is 10.3. The number of aromatic nitrogens is 4. The topological polar surface area (TPSA) is 111 Å². The highest BCUT2D eigenvalue weighted by Gasteiger charge is 2.34. The van der Waals surface area contributed by atoms with Gasteiger partial charge in [0.05, 0.1) is 12.8 Å². The fourth-order valence-electron chi connectivity index (χ4n) is 3.80. The van der Waals surface area contributed by atoms with Crippen LogP contribution in [0.5, 0.6) is 5.75 Å². The maximum absolute atomic E-state index is 12.9. The largest absolute Gasteiger partial charge is 0.495 e. The molecule has 2 heterocycles. The lowest BCUT2D eigenvalue weighted by Crippen LogP contribution is -2.39. The van der Waals surface area contributed by atoms with Gasteiger partial charge in [0.2, 0.25) is 0 Å². The summed E-state index contributed by atoms with van der Waals surface area (Å²) in [5.41, 5.74) is 0.532. The minimum Gasteiger partial charge on any atom is -0.495 e. The van der Waals surface area contributed by atoms with Crippen LogP contribution in [0.1, 0.15) is 43.6 Å². The highest BCUT2D eigenvalue weighted by molar-refractivity contribution is 5.89. The summed E-state index contributed by atoms with van der Waals surface area (Å²) in [5, 5.41) is 0. The Labute approximate surface area is 188 Å². The number of hydrogen-bond donors (Lipinski definition) is 1. The number of fused-ring (bicyclic) bond motifs is 1. The predicted molar refractivity (Wildman–Crippen MR) is 121 cm³/mol. The molecule has 5 rings (SSSR count). The van der Waals surface area contributed by atoms with Gasteiger partial charge in [-0.25, -0.2) is 14.6 Å². The Balaban J connectivity index is 1.35. The number of nitrogens with zero attached hydrogens (tertiary/aromatic N) is 4. The first-order valence-corrected chi connectivity index (χ1v) is 10.8. The van der Waals surface area contributed by atoms with Crippen LogP contribution >= 0.6 is 0 Å². The van der Waals surface area contributed by atoms with Crippen LogP contribution in [0.2, 0.25) is 0 Å².